The first kappa shape index (κ1) is 10.5. The number of likely N-dealkylation sites (N-methyl/N-ethyl adjacent to an activating group) is 1. The van der Waals surface area contributed by atoms with Crippen molar-refractivity contribution in [3.05, 3.63) is 0 Å². The predicted octanol–water partition coefficient (Wildman–Crippen LogP) is -0.504. The molecule has 0 radical (unpaired) electrons. The lowest BCUT2D eigenvalue weighted by Gasteiger charge is -2.48. The molecular formula is C9H19N3O. The van der Waals surface area contributed by atoms with Crippen LogP contribution >= 0.6 is 0 Å². The van der Waals surface area contributed by atoms with Crippen LogP contribution in [0.4, 0.5) is 0 Å². The van der Waals surface area contributed by atoms with Gasteiger partial charge >= 0.3 is 0 Å². The topological polar surface area (TPSA) is 49.6 Å². The minimum absolute atomic E-state index is 0.0355. The molecule has 0 saturated carbocycles. The molecule has 1 fully saturated rings. The minimum atomic E-state index is -0.0964. The van der Waals surface area contributed by atoms with Gasteiger partial charge in [0.1, 0.15) is 0 Å². The molecule has 0 aromatic heterocycles. The molecule has 0 spiro atoms. The number of hydrogen-bond donors (Lipinski definition) is 1. The summed E-state index contributed by atoms with van der Waals surface area (Å²) in [6.45, 7) is 5.56. The van der Waals surface area contributed by atoms with E-state index in [1.54, 1.807) is 19.0 Å². The number of carbonyl (C=O) groups is 1. The van der Waals surface area contributed by atoms with E-state index in [0.717, 1.165) is 13.1 Å². The Labute approximate surface area is 79.7 Å². The van der Waals surface area contributed by atoms with Crippen LogP contribution in [0.25, 0.3) is 0 Å². The van der Waals surface area contributed by atoms with Gasteiger partial charge in [0.05, 0.1) is 6.04 Å². The molecule has 0 aromatic carbocycles. The van der Waals surface area contributed by atoms with Gasteiger partial charge < -0.3 is 10.6 Å². The van der Waals surface area contributed by atoms with E-state index in [4.69, 9.17) is 5.73 Å². The number of carbonyl (C=O) groups excluding carboxylic acids is 1. The Morgan fingerprint density at radius 3 is 2.31 bits per heavy atom. The van der Waals surface area contributed by atoms with E-state index in [2.05, 4.69) is 4.90 Å². The molecule has 1 aliphatic heterocycles. The van der Waals surface area contributed by atoms with Gasteiger partial charge in [-0.05, 0) is 13.8 Å². The second-order valence-corrected chi connectivity index (χ2v) is 4.47. The van der Waals surface area contributed by atoms with Crippen LogP contribution in [-0.4, -0.2) is 54.5 Å². The summed E-state index contributed by atoms with van der Waals surface area (Å²) >= 11 is 0. The van der Waals surface area contributed by atoms with Crippen molar-refractivity contribution in [1.29, 1.82) is 0 Å². The third-order valence-corrected chi connectivity index (χ3v) is 2.47. The Kier molecular flexibility index (Phi) is 2.63. The lowest BCUT2D eigenvalue weighted by molar-refractivity contribution is -0.136. The van der Waals surface area contributed by atoms with Gasteiger partial charge in [-0.1, -0.05) is 0 Å². The summed E-state index contributed by atoms with van der Waals surface area (Å²) < 4.78 is 0. The van der Waals surface area contributed by atoms with Gasteiger partial charge in [0.25, 0.3) is 0 Å². The highest BCUT2D eigenvalue weighted by Gasteiger charge is 2.39. The van der Waals surface area contributed by atoms with Crippen LogP contribution in [0.5, 0.6) is 0 Å². The molecule has 1 amide bonds. The van der Waals surface area contributed by atoms with Crippen LogP contribution in [0, 0.1) is 0 Å². The van der Waals surface area contributed by atoms with Gasteiger partial charge in [0.15, 0.2) is 0 Å². The highest BCUT2D eigenvalue weighted by Crippen LogP contribution is 2.20. The number of nitrogens with zero attached hydrogens (tertiary/aromatic N) is 2. The zero-order valence-corrected chi connectivity index (χ0v) is 8.87. The van der Waals surface area contributed by atoms with Crippen LogP contribution in [-0.2, 0) is 4.79 Å². The highest BCUT2D eigenvalue weighted by atomic mass is 16.2. The van der Waals surface area contributed by atoms with E-state index in [0.29, 0.717) is 0 Å². The van der Waals surface area contributed by atoms with Crippen LogP contribution in [0.2, 0.25) is 0 Å². The molecule has 1 heterocycles. The molecule has 0 bridgehead atoms. The molecule has 1 atom stereocenters. The standard InChI is InChI=1S/C9H19N3O/c1-7(8(13)11(3)4)12-5-9(2,10)6-12/h7H,5-6,10H2,1-4H3. The third kappa shape index (κ3) is 2.19. The smallest absolute Gasteiger partial charge is 0.239 e. The molecule has 0 aromatic rings. The largest absolute Gasteiger partial charge is 0.347 e. The fourth-order valence-electron chi connectivity index (χ4n) is 1.69. The molecule has 4 nitrogen and oxygen atoms in total. The van der Waals surface area contributed by atoms with Crippen LogP contribution in [0.15, 0.2) is 0 Å². The molecule has 2 N–H and O–H groups in total. The monoisotopic (exact) mass is 185 g/mol. The van der Waals surface area contributed by atoms with Gasteiger partial charge in [-0.3, -0.25) is 9.69 Å². The van der Waals surface area contributed by atoms with Crippen molar-refractivity contribution >= 4 is 5.91 Å². The molecule has 1 saturated heterocycles. The van der Waals surface area contributed by atoms with Crippen molar-refractivity contribution in [3.8, 4) is 0 Å². The average molecular weight is 185 g/mol. The zero-order chi connectivity index (χ0) is 10.2. The predicted molar refractivity (Wildman–Crippen MR) is 52.3 cm³/mol. The van der Waals surface area contributed by atoms with E-state index in [1.165, 1.54) is 0 Å². The molecule has 4 heteroatoms. The first-order valence-electron chi connectivity index (χ1n) is 4.57. The lowest BCUT2D eigenvalue weighted by Crippen LogP contribution is -2.69. The maximum Gasteiger partial charge on any atom is 0.239 e. The summed E-state index contributed by atoms with van der Waals surface area (Å²) in [6.07, 6.45) is 0. The van der Waals surface area contributed by atoms with Crippen molar-refractivity contribution in [1.82, 2.24) is 9.80 Å². The van der Waals surface area contributed by atoms with Gasteiger partial charge in [0, 0.05) is 32.7 Å². The number of nitrogens with two attached hydrogens (primary N) is 1. The Bertz CT molecular complexity index is 205. The van der Waals surface area contributed by atoms with Crippen molar-refractivity contribution in [2.45, 2.75) is 25.4 Å². The van der Waals surface area contributed by atoms with Crippen LogP contribution in [0.1, 0.15) is 13.8 Å². The summed E-state index contributed by atoms with van der Waals surface area (Å²) in [6, 6.07) is -0.0355. The highest BCUT2D eigenvalue weighted by molar-refractivity contribution is 5.81. The van der Waals surface area contributed by atoms with E-state index in [-0.39, 0.29) is 17.5 Å². The number of amides is 1. The first-order valence-corrected chi connectivity index (χ1v) is 4.57. The van der Waals surface area contributed by atoms with Gasteiger partial charge in [-0.15, -0.1) is 0 Å². The number of rotatable bonds is 2. The van der Waals surface area contributed by atoms with Crippen LogP contribution in [0.3, 0.4) is 0 Å². The Balaban J connectivity index is 2.43. The minimum Gasteiger partial charge on any atom is -0.347 e. The summed E-state index contributed by atoms with van der Waals surface area (Å²) in [5.41, 5.74) is 5.76. The quantitative estimate of drug-likeness (QED) is 0.631. The SMILES string of the molecule is CC(C(=O)N(C)C)N1CC(C)(N)C1. The second kappa shape index (κ2) is 3.27. The van der Waals surface area contributed by atoms with Crippen LogP contribution < -0.4 is 5.73 Å². The molecule has 1 rings (SSSR count). The van der Waals surface area contributed by atoms with Crippen molar-refractivity contribution in [3.63, 3.8) is 0 Å². The molecule has 13 heavy (non-hydrogen) atoms. The first-order chi connectivity index (χ1) is 5.83. The summed E-state index contributed by atoms with van der Waals surface area (Å²) in [4.78, 5) is 15.3. The fraction of sp³-hybridized carbons (Fsp3) is 0.889. The summed E-state index contributed by atoms with van der Waals surface area (Å²) in [7, 11) is 3.56. The maximum atomic E-state index is 11.5. The van der Waals surface area contributed by atoms with Gasteiger partial charge in [-0.2, -0.15) is 0 Å². The Hall–Kier alpha value is -0.610. The Morgan fingerprint density at radius 1 is 1.54 bits per heavy atom. The molecule has 1 unspecified atom stereocenters. The second-order valence-electron chi connectivity index (χ2n) is 4.47. The van der Waals surface area contributed by atoms with E-state index < -0.39 is 0 Å². The summed E-state index contributed by atoms with van der Waals surface area (Å²) in [5, 5.41) is 0. The van der Waals surface area contributed by atoms with Crippen molar-refractivity contribution in [2.75, 3.05) is 27.2 Å². The normalized spacial score (nSPS) is 23.5. The van der Waals surface area contributed by atoms with Gasteiger partial charge in [0.2, 0.25) is 5.91 Å². The Morgan fingerprint density at radius 2 is 2.00 bits per heavy atom. The number of likely N-dealkylation sites (tertiary alicyclic amines) is 1. The van der Waals surface area contributed by atoms with Crippen molar-refractivity contribution in [2.24, 2.45) is 5.73 Å². The fourth-order valence-corrected chi connectivity index (χ4v) is 1.69. The lowest BCUT2D eigenvalue weighted by atomic mass is 9.92. The van der Waals surface area contributed by atoms with Gasteiger partial charge in [-0.25, -0.2) is 0 Å². The van der Waals surface area contributed by atoms with Crippen molar-refractivity contribution < 1.29 is 4.79 Å². The zero-order valence-electron chi connectivity index (χ0n) is 8.87. The van der Waals surface area contributed by atoms with E-state index in [9.17, 15) is 4.79 Å². The van der Waals surface area contributed by atoms with E-state index >= 15 is 0 Å². The summed E-state index contributed by atoms with van der Waals surface area (Å²) in [5.74, 6) is 0.149. The molecule has 1 aliphatic rings. The molecule has 0 aliphatic carbocycles. The molecular weight excluding hydrogens is 166 g/mol. The number of hydrogen-bond acceptors (Lipinski definition) is 3. The van der Waals surface area contributed by atoms with E-state index in [1.807, 2.05) is 13.8 Å². The maximum absolute atomic E-state index is 11.5. The average Bonchev–Trinajstić information content (AvgIpc) is 1.97. The molecule has 76 valence electrons. The third-order valence-electron chi connectivity index (χ3n) is 2.47.